The zero-order chi connectivity index (χ0) is 19.2. The van der Waals surface area contributed by atoms with Crippen LogP contribution < -0.4 is 5.32 Å². The largest absolute Gasteiger partial charge is 0.325 e. The number of carbonyl (C=O) groups excluding carboxylic acids is 1. The van der Waals surface area contributed by atoms with Crippen molar-refractivity contribution in [3.05, 3.63) is 59.1 Å². The number of nitrogens with one attached hydrogen (secondary N) is 1. The SMILES string of the molecule is CC(C)Cn1c(SCC(=O)Nc2ccc(Br)cc2)nnc1-c1ccccc1. The zero-order valence-electron chi connectivity index (χ0n) is 15.2. The van der Waals surface area contributed by atoms with E-state index in [-0.39, 0.29) is 11.7 Å². The summed E-state index contributed by atoms with van der Waals surface area (Å²) < 4.78 is 3.07. The fourth-order valence-corrected chi connectivity index (χ4v) is 3.60. The summed E-state index contributed by atoms with van der Waals surface area (Å²) in [4.78, 5) is 12.3. The molecule has 1 amide bonds. The summed E-state index contributed by atoms with van der Waals surface area (Å²) >= 11 is 4.79. The first-order valence-electron chi connectivity index (χ1n) is 8.70. The first kappa shape index (κ1) is 19.6. The number of hydrogen-bond acceptors (Lipinski definition) is 4. The number of halogens is 1. The van der Waals surface area contributed by atoms with Crippen LogP contribution in [0, 0.1) is 5.92 Å². The Balaban J connectivity index is 1.71. The normalized spacial score (nSPS) is 11.0. The summed E-state index contributed by atoms with van der Waals surface area (Å²) in [7, 11) is 0. The van der Waals surface area contributed by atoms with E-state index >= 15 is 0 Å². The first-order chi connectivity index (χ1) is 13.0. The summed E-state index contributed by atoms with van der Waals surface area (Å²) in [5, 5.41) is 12.4. The minimum absolute atomic E-state index is 0.0670. The van der Waals surface area contributed by atoms with E-state index in [4.69, 9.17) is 0 Å². The molecule has 2 aromatic carbocycles. The number of amides is 1. The third-order valence-electron chi connectivity index (χ3n) is 3.76. The van der Waals surface area contributed by atoms with Gasteiger partial charge in [0.25, 0.3) is 0 Å². The van der Waals surface area contributed by atoms with Crippen LogP contribution in [0.25, 0.3) is 11.4 Å². The number of thioether (sulfide) groups is 1. The molecular formula is C20H21BrN4OS. The molecule has 7 heteroatoms. The van der Waals surface area contributed by atoms with Gasteiger partial charge in [-0.15, -0.1) is 10.2 Å². The summed E-state index contributed by atoms with van der Waals surface area (Å²) in [6.07, 6.45) is 0. The molecule has 0 unspecified atom stereocenters. The molecule has 1 heterocycles. The summed E-state index contributed by atoms with van der Waals surface area (Å²) in [6.45, 7) is 5.11. The standard InChI is InChI=1S/C20H21BrN4OS/c1-14(2)12-25-19(15-6-4-3-5-7-15)23-24-20(25)27-13-18(26)22-17-10-8-16(21)9-11-17/h3-11,14H,12-13H2,1-2H3,(H,22,26). The van der Waals surface area contributed by atoms with Crippen molar-refractivity contribution < 1.29 is 4.79 Å². The molecule has 27 heavy (non-hydrogen) atoms. The van der Waals surface area contributed by atoms with Gasteiger partial charge in [0.2, 0.25) is 5.91 Å². The molecule has 3 rings (SSSR count). The highest BCUT2D eigenvalue weighted by molar-refractivity contribution is 9.10. The second-order valence-electron chi connectivity index (χ2n) is 6.52. The van der Waals surface area contributed by atoms with E-state index in [1.807, 2.05) is 54.6 Å². The van der Waals surface area contributed by atoms with Crippen molar-refractivity contribution in [2.75, 3.05) is 11.1 Å². The van der Waals surface area contributed by atoms with Crippen LogP contribution >= 0.6 is 27.7 Å². The lowest BCUT2D eigenvalue weighted by molar-refractivity contribution is -0.113. The molecule has 140 valence electrons. The Morgan fingerprint density at radius 3 is 2.48 bits per heavy atom. The summed E-state index contributed by atoms with van der Waals surface area (Å²) in [5.74, 6) is 1.49. The molecule has 0 saturated carbocycles. The molecule has 1 N–H and O–H groups in total. The van der Waals surface area contributed by atoms with Gasteiger partial charge in [-0.2, -0.15) is 0 Å². The van der Waals surface area contributed by atoms with Gasteiger partial charge in [-0.1, -0.05) is 71.9 Å². The number of benzene rings is 2. The highest BCUT2D eigenvalue weighted by Gasteiger charge is 2.16. The Kier molecular flexibility index (Phi) is 6.68. The quantitative estimate of drug-likeness (QED) is 0.515. The van der Waals surface area contributed by atoms with Crippen LogP contribution in [-0.2, 0) is 11.3 Å². The number of hydrogen-bond donors (Lipinski definition) is 1. The minimum atomic E-state index is -0.0670. The molecule has 0 atom stereocenters. The topological polar surface area (TPSA) is 59.8 Å². The van der Waals surface area contributed by atoms with Gasteiger partial charge in [-0.05, 0) is 30.2 Å². The van der Waals surface area contributed by atoms with Crippen LogP contribution in [-0.4, -0.2) is 26.4 Å². The van der Waals surface area contributed by atoms with Crippen LogP contribution in [0.2, 0.25) is 0 Å². The Labute approximate surface area is 171 Å². The van der Waals surface area contributed by atoms with Crippen LogP contribution in [0.5, 0.6) is 0 Å². The predicted molar refractivity (Wildman–Crippen MR) is 114 cm³/mol. The van der Waals surface area contributed by atoms with Gasteiger partial charge in [-0.3, -0.25) is 4.79 Å². The number of nitrogens with zero attached hydrogens (tertiary/aromatic N) is 3. The van der Waals surface area contributed by atoms with Crippen molar-refractivity contribution in [1.82, 2.24) is 14.8 Å². The molecule has 0 bridgehead atoms. The van der Waals surface area contributed by atoms with Gasteiger partial charge < -0.3 is 9.88 Å². The summed E-state index contributed by atoms with van der Waals surface area (Å²) in [6, 6.07) is 17.5. The fourth-order valence-electron chi connectivity index (χ4n) is 2.59. The van der Waals surface area contributed by atoms with Crippen molar-refractivity contribution in [3.8, 4) is 11.4 Å². The third-order valence-corrected chi connectivity index (χ3v) is 5.25. The van der Waals surface area contributed by atoms with Crippen molar-refractivity contribution in [3.63, 3.8) is 0 Å². The van der Waals surface area contributed by atoms with Crippen molar-refractivity contribution in [1.29, 1.82) is 0 Å². The number of aromatic nitrogens is 3. The highest BCUT2D eigenvalue weighted by Crippen LogP contribution is 2.25. The Hall–Kier alpha value is -2.12. The number of anilines is 1. The van der Waals surface area contributed by atoms with E-state index in [0.29, 0.717) is 5.92 Å². The molecular weight excluding hydrogens is 424 g/mol. The van der Waals surface area contributed by atoms with Gasteiger partial charge in [0.1, 0.15) is 0 Å². The van der Waals surface area contributed by atoms with Crippen LogP contribution in [0.1, 0.15) is 13.8 Å². The summed E-state index contributed by atoms with van der Waals surface area (Å²) in [5.41, 5.74) is 1.80. The van der Waals surface area contributed by atoms with Crippen molar-refractivity contribution in [2.45, 2.75) is 25.5 Å². The lowest BCUT2D eigenvalue weighted by atomic mass is 10.2. The monoisotopic (exact) mass is 444 g/mol. The van der Waals surface area contributed by atoms with Gasteiger partial charge >= 0.3 is 0 Å². The molecule has 0 aliphatic carbocycles. The number of carbonyl (C=O) groups is 1. The fraction of sp³-hybridized carbons (Fsp3) is 0.250. The second kappa shape index (κ2) is 9.19. The maximum absolute atomic E-state index is 12.3. The minimum Gasteiger partial charge on any atom is -0.325 e. The van der Waals surface area contributed by atoms with Crippen LogP contribution in [0.3, 0.4) is 0 Å². The molecule has 3 aromatic rings. The molecule has 1 aromatic heterocycles. The smallest absolute Gasteiger partial charge is 0.234 e. The van der Waals surface area contributed by atoms with Crippen molar-refractivity contribution in [2.24, 2.45) is 5.92 Å². The van der Waals surface area contributed by atoms with Gasteiger partial charge in [0.15, 0.2) is 11.0 Å². The molecule has 0 saturated heterocycles. The average molecular weight is 445 g/mol. The third kappa shape index (κ3) is 5.43. The second-order valence-corrected chi connectivity index (χ2v) is 8.38. The zero-order valence-corrected chi connectivity index (χ0v) is 17.6. The van der Waals surface area contributed by atoms with E-state index in [9.17, 15) is 4.79 Å². The predicted octanol–water partition coefficient (Wildman–Crippen LogP) is 5.09. The molecule has 0 aliphatic rings. The van der Waals surface area contributed by atoms with E-state index in [1.165, 1.54) is 11.8 Å². The van der Waals surface area contributed by atoms with Crippen molar-refractivity contribution >= 4 is 39.3 Å². The maximum Gasteiger partial charge on any atom is 0.234 e. The molecule has 0 spiro atoms. The highest BCUT2D eigenvalue weighted by atomic mass is 79.9. The van der Waals surface area contributed by atoms with E-state index < -0.39 is 0 Å². The van der Waals surface area contributed by atoms with Gasteiger partial charge in [0, 0.05) is 22.3 Å². The Morgan fingerprint density at radius 1 is 1.11 bits per heavy atom. The Bertz CT molecular complexity index is 894. The maximum atomic E-state index is 12.3. The molecule has 0 radical (unpaired) electrons. The van der Waals surface area contributed by atoms with E-state index in [1.54, 1.807) is 0 Å². The Morgan fingerprint density at radius 2 is 1.81 bits per heavy atom. The molecule has 5 nitrogen and oxygen atoms in total. The first-order valence-corrected chi connectivity index (χ1v) is 10.5. The number of rotatable bonds is 7. The molecule has 0 aliphatic heterocycles. The lowest BCUT2D eigenvalue weighted by Gasteiger charge is -2.12. The lowest BCUT2D eigenvalue weighted by Crippen LogP contribution is -2.15. The average Bonchev–Trinajstić information content (AvgIpc) is 3.04. The van der Waals surface area contributed by atoms with Gasteiger partial charge in [0.05, 0.1) is 5.75 Å². The van der Waals surface area contributed by atoms with Crippen LogP contribution in [0.4, 0.5) is 5.69 Å². The van der Waals surface area contributed by atoms with E-state index in [0.717, 1.165) is 33.2 Å². The van der Waals surface area contributed by atoms with Gasteiger partial charge in [-0.25, -0.2) is 0 Å². The van der Waals surface area contributed by atoms with E-state index in [2.05, 4.69) is 49.9 Å². The molecule has 0 fully saturated rings. The van der Waals surface area contributed by atoms with Crippen LogP contribution in [0.15, 0.2) is 64.2 Å².